The molecule has 2 rings (SSSR count). The standard InChI is InChI=1S/C9H10BrN3/c1-2-13-9(10)7-5-6(11)3-4-8(7)12-13/h3-5H,2,11H2,1H3. The molecule has 0 radical (unpaired) electrons. The van der Waals surface area contributed by atoms with E-state index in [0.29, 0.717) is 0 Å². The fraction of sp³-hybridized carbons (Fsp3) is 0.222. The zero-order chi connectivity index (χ0) is 9.42. The molecule has 0 amide bonds. The maximum absolute atomic E-state index is 5.69. The zero-order valence-corrected chi connectivity index (χ0v) is 8.87. The van der Waals surface area contributed by atoms with Crippen LogP contribution in [0.3, 0.4) is 0 Å². The van der Waals surface area contributed by atoms with Crippen molar-refractivity contribution in [3.8, 4) is 0 Å². The van der Waals surface area contributed by atoms with E-state index in [1.165, 1.54) is 0 Å². The van der Waals surface area contributed by atoms with Crippen molar-refractivity contribution < 1.29 is 0 Å². The Kier molecular flexibility index (Phi) is 2.00. The van der Waals surface area contributed by atoms with E-state index < -0.39 is 0 Å². The Labute approximate surface area is 84.7 Å². The lowest BCUT2D eigenvalue weighted by atomic mass is 10.2. The van der Waals surface area contributed by atoms with Crippen LogP contribution in [-0.4, -0.2) is 9.78 Å². The molecule has 1 heterocycles. The van der Waals surface area contributed by atoms with Crippen LogP contribution in [0.5, 0.6) is 0 Å². The normalized spacial score (nSPS) is 10.9. The van der Waals surface area contributed by atoms with Gasteiger partial charge in [0.1, 0.15) is 4.60 Å². The number of anilines is 1. The number of aryl methyl sites for hydroxylation is 1. The number of nitrogen functional groups attached to an aromatic ring is 1. The number of halogens is 1. The lowest BCUT2D eigenvalue weighted by Gasteiger charge is -1.95. The van der Waals surface area contributed by atoms with Crippen molar-refractivity contribution in [3.05, 3.63) is 22.8 Å². The van der Waals surface area contributed by atoms with Crippen LogP contribution in [0.4, 0.5) is 5.69 Å². The lowest BCUT2D eigenvalue weighted by molar-refractivity contribution is 0.653. The van der Waals surface area contributed by atoms with Crippen LogP contribution >= 0.6 is 15.9 Å². The molecule has 0 aliphatic heterocycles. The van der Waals surface area contributed by atoms with E-state index >= 15 is 0 Å². The third-order valence-corrected chi connectivity index (χ3v) is 2.83. The molecule has 0 saturated heterocycles. The lowest BCUT2D eigenvalue weighted by Crippen LogP contribution is -1.95. The van der Waals surface area contributed by atoms with Gasteiger partial charge in [0, 0.05) is 17.6 Å². The first-order chi connectivity index (χ1) is 6.22. The number of nitrogens with zero attached hydrogens (tertiary/aromatic N) is 2. The number of hydrogen-bond donors (Lipinski definition) is 1. The summed E-state index contributed by atoms with van der Waals surface area (Å²) in [4.78, 5) is 0. The Hall–Kier alpha value is -1.03. The summed E-state index contributed by atoms with van der Waals surface area (Å²) in [6.45, 7) is 2.91. The maximum Gasteiger partial charge on any atom is 0.112 e. The average Bonchev–Trinajstić information content (AvgIpc) is 2.44. The van der Waals surface area contributed by atoms with E-state index in [9.17, 15) is 0 Å². The fourth-order valence-corrected chi connectivity index (χ4v) is 1.98. The van der Waals surface area contributed by atoms with Crippen LogP contribution in [0.15, 0.2) is 22.8 Å². The zero-order valence-electron chi connectivity index (χ0n) is 7.29. The first-order valence-electron chi connectivity index (χ1n) is 4.14. The van der Waals surface area contributed by atoms with Crippen LogP contribution in [0.2, 0.25) is 0 Å². The molecule has 0 unspecified atom stereocenters. The van der Waals surface area contributed by atoms with Gasteiger partial charge in [-0.3, -0.25) is 4.68 Å². The molecule has 13 heavy (non-hydrogen) atoms. The molecule has 0 fully saturated rings. The SMILES string of the molecule is CCn1nc2ccc(N)cc2c1Br. The summed E-state index contributed by atoms with van der Waals surface area (Å²) in [5, 5.41) is 5.46. The second kappa shape index (κ2) is 3.03. The number of aromatic nitrogens is 2. The second-order valence-electron chi connectivity index (χ2n) is 2.88. The number of fused-ring (bicyclic) bond motifs is 1. The molecule has 0 aliphatic carbocycles. The molecule has 2 N–H and O–H groups in total. The van der Waals surface area contributed by atoms with Crippen molar-refractivity contribution >= 4 is 32.5 Å². The number of nitrogens with two attached hydrogens (primary N) is 1. The van der Waals surface area contributed by atoms with Crippen molar-refractivity contribution in [3.63, 3.8) is 0 Å². The van der Waals surface area contributed by atoms with Gasteiger partial charge in [-0.2, -0.15) is 5.10 Å². The molecule has 4 heteroatoms. The van der Waals surface area contributed by atoms with Crippen molar-refractivity contribution in [1.29, 1.82) is 0 Å². The summed E-state index contributed by atoms with van der Waals surface area (Å²) in [5.41, 5.74) is 7.43. The topological polar surface area (TPSA) is 43.8 Å². The predicted molar refractivity (Wildman–Crippen MR) is 57.5 cm³/mol. The van der Waals surface area contributed by atoms with Gasteiger partial charge in [0.25, 0.3) is 0 Å². The predicted octanol–water partition coefficient (Wildman–Crippen LogP) is 2.40. The molecule has 0 bridgehead atoms. The molecular formula is C9H10BrN3. The highest BCUT2D eigenvalue weighted by atomic mass is 79.9. The van der Waals surface area contributed by atoms with Crippen molar-refractivity contribution in [1.82, 2.24) is 9.78 Å². The van der Waals surface area contributed by atoms with Gasteiger partial charge in [0.2, 0.25) is 0 Å². The molecule has 0 spiro atoms. The van der Waals surface area contributed by atoms with Gasteiger partial charge in [0.15, 0.2) is 0 Å². The second-order valence-corrected chi connectivity index (χ2v) is 3.63. The molecule has 0 saturated carbocycles. The van der Waals surface area contributed by atoms with E-state index in [2.05, 4.69) is 28.0 Å². The van der Waals surface area contributed by atoms with Crippen molar-refractivity contribution in [2.45, 2.75) is 13.5 Å². The van der Waals surface area contributed by atoms with E-state index in [4.69, 9.17) is 5.73 Å². The monoisotopic (exact) mass is 239 g/mol. The molecule has 1 aromatic carbocycles. The Balaban J connectivity index is 2.77. The highest BCUT2D eigenvalue weighted by Gasteiger charge is 2.06. The summed E-state index contributed by atoms with van der Waals surface area (Å²) in [5.74, 6) is 0. The minimum atomic E-state index is 0.767. The van der Waals surface area contributed by atoms with Crippen LogP contribution in [0.25, 0.3) is 10.9 Å². The van der Waals surface area contributed by atoms with Gasteiger partial charge in [-0.1, -0.05) is 0 Å². The summed E-state index contributed by atoms with van der Waals surface area (Å²) >= 11 is 3.49. The van der Waals surface area contributed by atoms with E-state index in [1.807, 2.05) is 22.9 Å². The molecule has 1 aromatic heterocycles. The summed E-state index contributed by atoms with van der Waals surface area (Å²) < 4.78 is 2.90. The van der Waals surface area contributed by atoms with Gasteiger partial charge >= 0.3 is 0 Å². The van der Waals surface area contributed by atoms with Crippen LogP contribution in [0, 0.1) is 0 Å². The third-order valence-electron chi connectivity index (χ3n) is 2.00. The number of hydrogen-bond acceptors (Lipinski definition) is 2. The maximum atomic E-state index is 5.69. The molecule has 0 atom stereocenters. The summed E-state index contributed by atoms with van der Waals surface area (Å²) in [7, 11) is 0. The van der Waals surface area contributed by atoms with Gasteiger partial charge in [-0.15, -0.1) is 0 Å². The molecule has 68 valence electrons. The highest BCUT2D eigenvalue weighted by Crippen LogP contribution is 2.25. The minimum Gasteiger partial charge on any atom is -0.399 e. The highest BCUT2D eigenvalue weighted by molar-refractivity contribution is 9.10. The quantitative estimate of drug-likeness (QED) is 0.778. The summed E-state index contributed by atoms with van der Waals surface area (Å²) in [6.07, 6.45) is 0. The Morgan fingerprint density at radius 3 is 3.00 bits per heavy atom. The fourth-order valence-electron chi connectivity index (χ4n) is 1.33. The Morgan fingerprint density at radius 2 is 2.31 bits per heavy atom. The molecular weight excluding hydrogens is 230 g/mol. The largest absolute Gasteiger partial charge is 0.399 e. The molecule has 3 nitrogen and oxygen atoms in total. The van der Waals surface area contributed by atoms with Crippen LogP contribution in [-0.2, 0) is 6.54 Å². The van der Waals surface area contributed by atoms with Gasteiger partial charge in [-0.05, 0) is 41.1 Å². The van der Waals surface area contributed by atoms with Gasteiger partial charge in [-0.25, -0.2) is 0 Å². The van der Waals surface area contributed by atoms with Gasteiger partial charge in [0.05, 0.1) is 5.52 Å². The van der Waals surface area contributed by atoms with E-state index in [-0.39, 0.29) is 0 Å². The number of rotatable bonds is 1. The average molecular weight is 240 g/mol. The minimum absolute atomic E-state index is 0.767. The summed E-state index contributed by atoms with van der Waals surface area (Å²) in [6, 6.07) is 5.72. The van der Waals surface area contributed by atoms with E-state index in [0.717, 1.165) is 27.7 Å². The number of benzene rings is 1. The van der Waals surface area contributed by atoms with Crippen LogP contribution < -0.4 is 5.73 Å². The van der Waals surface area contributed by atoms with Crippen LogP contribution in [0.1, 0.15) is 6.92 Å². The van der Waals surface area contributed by atoms with Crippen molar-refractivity contribution in [2.24, 2.45) is 0 Å². The molecule has 2 aromatic rings. The smallest absolute Gasteiger partial charge is 0.112 e. The first kappa shape index (κ1) is 8.56. The first-order valence-corrected chi connectivity index (χ1v) is 4.93. The third kappa shape index (κ3) is 1.31. The van der Waals surface area contributed by atoms with Crippen molar-refractivity contribution in [2.75, 3.05) is 5.73 Å². The Morgan fingerprint density at radius 1 is 1.54 bits per heavy atom. The Bertz CT molecular complexity index is 447. The van der Waals surface area contributed by atoms with Gasteiger partial charge < -0.3 is 5.73 Å². The van der Waals surface area contributed by atoms with E-state index in [1.54, 1.807) is 0 Å². The molecule has 0 aliphatic rings.